The zero-order chi connectivity index (χ0) is 30.5. The summed E-state index contributed by atoms with van der Waals surface area (Å²) in [4.78, 5) is 36.5. The van der Waals surface area contributed by atoms with E-state index >= 15 is 0 Å². The summed E-state index contributed by atoms with van der Waals surface area (Å²) in [5.41, 5.74) is 8.88. The molecule has 0 aliphatic heterocycles. The monoisotopic (exact) mass is 592 g/mol. The van der Waals surface area contributed by atoms with Gasteiger partial charge in [-0.25, -0.2) is 9.59 Å². The van der Waals surface area contributed by atoms with Crippen LogP contribution in [0.1, 0.15) is 53.4 Å². The third-order valence-electron chi connectivity index (χ3n) is 8.44. The quantitative estimate of drug-likeness (QED) is 0.143. The van der Waals surface area contributed by atoms with Crippen LogP contribution in [0.3, 0.4) is 0 Å². The Kier molecular flexibility index (Phi) is 8.68. The summed E-state index contributed by atoms with van der Waals surface area (Å²) < 4.78 is 24.7. The molecule has 2 amide bonds. The van der Waals surface area contributed by atoms with E-state index < -0.39 is 24.3 Å². The van der Waals surface area contributed by atoms with E-state index in [0.29, 0.717) is 12.8 Å². The van der Waals surface area contributed by atoms with Gasteiger partial charge < -0.3 is 20.1 Å². The van der Waals surface area contributed by atoms with E-state index in [9.17, 15) is 18.8 Å². The lowest BCUT2D eigenvalue weighted by Crippen LogP contribution is -2.40. The first-order valence-electron chi connectivity index (χ1n) is 14.9. The van der Waals surface area contributed by atoms with E-state index in [-0.39, 0.29) is 38.0 Å². The van der Waals surface area contributed by atoms with Crippen molar-refractivity contribution in [1.82, 2.24) is 10.6 Å². The normalized spacial score (nSPS) is 13.7. The summed E-state index contributed by atoms with van der Waals surface area (Å²) >= 11 is 0. The summed E-state index contributed by atoms with van der Waals surface area (Å²) in [5.74, 6) is -0.176. The summed E-state index contributed by atoms with van der Waals surface area (Å²) in [6.45, 7) is 0.564. The molecule has 4 aromatic carbocycles. The van der Waals surface area contributed by atoms with Gasteiger partial charge >= 0.3 is 18.2 Å². The van der Waals surface area contributed by atoms with Crippen LogP contribution in [0.2, 0.25) is 0 Å². The highest BCUT2D eigenvalue weighted by Crippen LogP contribution is 2.45. The number of fused-ring (bicyclic) bond motifs is 6. The Hall–Kier alpha value is -4.98. The largest absolute Gasteiger partial charge is 0.449 e. The lowest BCUT2D eigenvalue weighted by Gasteiger charge is -2.17. The molecule has 44 heavy (non-hydrogen) atoms. The van der Waals surface area contributed by atoms with Gasteiger partial charge in [-0.05, 0) is 63.8 Å². The summed E-state index contributed by atoms with van der Waals surface area (Å²) in [5, 5.41) is 5.07. The lowest BCUT2D eigenvalue weighted by molar-refractivity contribution is -0.131. The van der Waals surface area contributed by atoms with Crippen molar-refractivity contribution < 1.29 is 28.2 Å². The first kappa shape index (κ1) is 29.1. The molecule has 0 heterocycles. The van der Waals surface area contributed by atoms with Crippen molar-refractivity contribution in [3.63, 3.8) is 0 Å². The van der Waals surface area contributed by atoms with Crippen molar-refractivity contribution in [2.45, 2.75) is 37.1 Å². The standard InChI is InChI=1S/C36H33FN2O5/c37-34(40)33(39-36(42)44-22-32-29-17-7-3-13-25(29)26-14-4-8-18-30(26)32)19-9-10-20-38-35(41)43-21-31-27-15-5-1-11-23(27)24-12-2-6-16-28(24)31/h1-8,11-18,31-33H,9-10,19-22H2,(H,38,41)(H,39,42). The lowest BCUT2D eigenvalue weighted by atomic mass is 9.98. The highest BCUT2D eigenvalue weighted by Gasteiger charge is 2.31. The molecule has 2 aliphatic carbocycles. The second-order valence-electron chi connectivity index (χ2n) is 11.1. The molecule has 0 bridgehead atoms. The molecule has 0 saturated heterocycles. The van der Waals surface area contributed by atoms with Gasteiger partial charge in [0.2, 0.25) is 0 Å². The minimum absolute atomic E-state index is 0.0338. The van der Waals surface area contributed by atoms with Crippen molar-refractivity contribution in [2.24, 2.45) is 0 Å². The number of nitrogens with one attached hydrogen (secondary N) is 2. The maximum atomic E-state index is 13.8. The van der Waals surface area contributed by atoms with Gasteiger partial charge in [0.05, 0.1) is 0 Å². The summed E-state index contributed by atoms with van der Waals surface area (Å²) in [6.07, 6.45) is -0.443. The zero-order valence-electron chi connectivity index (χ0n) is 24.1. The second kappa shape index (κ2) is 13.1. The average molecular weight is 593 g/mol. The van der Waals surface area contributed by atoms with Gasteiger partial charge in [0.25, 0.3) is 0 Å². The van der Waals surface area contributed by atoms with Crippen LogP contribution in [-0.2, 0) is 14.3 Å². The number of alkyl carbamates (subject to hydrolysis) is 2. The van der Waals surface area contributed by atoms with Crippen LogP contribution in [0.4, 0.5) is 14.0 Å². The number of ether oxygens (including phenoxy) is 2. The molecule has 6 rings (SSSR count). The molecule has 0 saturated carbocycles. The number of rotatable bonds is 11. The molecule has 2 N–H and O–H groups in total. The Bertz CT molecular complexity index is 1600. The third kappa shape index (κ3) is 6.06. The minimum atomic E-state index is -1.64. The van der Waals surface area contributed by atoms with Gasteiger partial charge in [0.1, 0.15) is 19.3 Å². The summed E-state index contributed by atoms with van der Waals surface area (Å²) in [7, 11) is 0. The van der Waals surface area contributed by atoms with Gasteiger partial charge in [-0.3, -0.25) is 4.79 Å². The number of carbonyl (C=O) groups is 3. The fourth-order valence-corrected chi connectivity index (χ4v) is 6.34. The fourth-order valence-electron chi connectivity index (χ4n) is 6.34. The number of hydrogen-bond acceptors (Lipinski definition) is 5. The predicted octanol–water partition coefficient (Wildman–Crippen LogP) is 7.10. The van der Waals surface area contributed by atoms with Crippen molar-refractivity contribution in [3.8, 4) is 22.3 Å². The van der Waals surface area contributed by atoms with E-state index in [1.54, 1.807) is 0 Å². The van der Waals surface area contributed by atoms with Crippen LogP contribution >= 0.6 is 0 Å². The van der Waals surface area contributed by atoms with Crippen LogP contribution in [0, 0.1) is 0 Å². The first-order chi connectivity index (χ1) is 21.5. The Morgan fingerprint density at radius 2 is 1.02 bits per heavy atom. The molecule has 224 valence electrons. The van der Waals surface area contributed by atoms with Crippen molar-refractivity contribution in [1.29, 1.82) is 0 Å². The number of halogens is 1. The summed E-state index contributed by atoms with van der Waals surface area (Å²) in [6, 6.07) is 29.2. The van der Waals surface area contributed by atoms with Gasteiger partial charge in [0, 0.05) is 18.4 Å². The van der Waals surface area contributed by atoms with Gasteiger partial charge in [-0.1, -0.05) is 97.1 Å². The third-order valence-corrected chi connectivity index (χ3v) is 8.44. The topological polar surface area (TPSA) is 93.7 Å². The van der Waals surface area contributed by atoms with Crippen molar-refractivity contribution >= 4 is 18.2 Å². The number of benzene rings is 4. The van der Waals surface area contributed by atoms with E-state index in [0.717, 1.165) is 44.5 Å². The molecule has 8 heteroatoms. The van der Waals surface area contributed by atoms with Crippen LogP contribution in [-0.4, -0.2) is 44.0 Å². The molecule has 1 atom stereocenters. The molecule has 2 aliphatic rings. The number of carbonyl (C=O) groups excluding carboxylic acids is 3. The van der Waals surface area contributed by atoms with E-state index in [4.69, 9.17) is 9.47 Å². The van der Waals surface area contributed by atoms with Crippen LogP contribution < -0.4 is 10.6 Å². The number of amides is 2. The molecule has 7 nitrogen and oxygen atoms in total. The molecule has 1 unspecified atom stereocenters. The molecule has 0 fully saturated rings. The van der Waals surface area contributed by atoms with Gasteiger partial charge in [-0.15, -0.1) is 0 Å². The Labute approximate surface area is 255 Å². The first-order valence-corrected chi connectivity index (χ1v) is 14.9. The predicted molar refractivity (Wildman–Crippen MR) is 165 cm³/mol. The Morgan fingerprint density at radius 3 is 1.45 bits per heavy atom. The maximum Gasteiger partial charge on any atom is 0.407 e. The van der Waals surface area contributed by atoms with Gasteiger partial charge in [-0.2, -0.15) is 4.39 Å². The van der Waals surface area contributed by atoms with E-state index in [1.165, 1.54) is 0 Å². The fraction of sp³-hybridized carbons (Fsp3) is 0.250. The smallest absolute Gasteiger partial charge is 0.407 e. The molecule has 0 aromatic heterocycles. The molecular formula is C36H33FN2O5. The molecule has 0 spiro atoms. The maximum absolute atomic E-state index is 13.8. The SMILES string of the molecule is O=C(NCCCCC(NC(=O)OCC1c2ccccc2-c2ccccc21)C(=O)F)OCC1c2ccccc2-c2ccccc21. The number of unbranched alkanes of at least 4 members (excludes halogenated alkanes) is 1. The van der Waals surface area contributed by atoms with E-state index in [1.807, 2.05) is 72.8 Å². The molecule has 0 radical (unpaired) electrons. The Balaban J connectivity index is 0.925. The average Bonchev–Trinajstić information content (AvgIpc) is 3.54. The van der Waals surface area contributed by atoms with Gasteiger partial charge in [0.15, 0.2) is 0 Å². The van der Waals surface area contributed by atoms with Crippen molar-refractivity contribution in [2.75, 3.05) is 19.8 Å². The number of hydrogen-bond donors (Lipinski definition) is 2. The van der Waals surface area contributed by atoms with Crippen LogP contribution in [0.15, 0.2) is 97.1 Å². The molecule has 4 aromatic rings. The van der Waals surface area contributed by atoms with Crippen LogP contribution in [0.25, 0.3) is 22.3 Å². The van der Waals surface area contributed by atoms with Crippen molar-refractivity contribution in [3.05, 3.63) is 119 Å². The minimum Gasteiger partial charge on any atom is -0.449 e. The van der Waals surface area contributed by atoms with Crippen LogP contribution in [0.5, 0.6) is 0 Å². The zero-order valence-corrected chi connectivity index (χ0v) is 24.1. The Morgan fingerprint density at radius 1 is 0.614 bits per heavy atom. The van der Waals surface area contributed by atoms with E-state index in [2.05, 4.69) is 34.9 Å². The second-order valence-corrected chi connectivity index (χ2v) is 11.1. The molecular weight excluding hydrogens is 559 g/mol. The highest BCUT2D eigenvalue weighted by molar-refractivity contribution is 5.82. The highest BCUT2D eigenvalue weighted by atomic mass is 19.1.